The number of ether oxygens (including phenoxy) is 1. The molecule has 0 aromatic carbocycles. The standard InChI is InChI=1S/C13H20BrNO/c1-10-12(6-5-7-15-10)16-9-11(8-14)13(2,3)4/h5-7,11H,8-9H2,1-4H3. The molecule has 1 atom stereocenters. The van der Waals surface area contributed by atoms with Crippen LogP contribution in [0.15, 0.2) is 18.3 Å². The third-order valence-corrected chi connectivity index (χ3v) is 3.59. The number of aryl methyl sites for hydroxylation is 1. The van der Waals surface area contributed by atoms with Gasteiger partial charge >= 0.3 is 0 Å². The Bertz CT molecular complexity index is 333. The van der Waals surface area contributed by atoms with Gasteiger partial charge in [-0.25, -0.2) is 0 Å². The molecule has 0 amide bonds. The minimum atomic E-state index is 0.250. The van der Waals surface area contributed by atoms with Crippen molar-refractivity contribution in [3.63, 3.8) is 0 Å². The average Bonchev–Trinajstić information content (AvgIpc) is 2.19. The molecule has 0 aliphatic carbocycles. The Hall–Kier alpha value is -0.570. The van der Waals surface area contributed by atoms with Crippen molar-refractivity contribution in [1.82, 2.24) is 4.98 Å². The Labute approximate surface area is 107 Å². The molecule has 0 saturated heterocycles. The predicted molar refractivity (Wildman–Crippen MR) is 71.2 cm³/mol. The van der Waals surface area contributed by atoms with Crippen LogP contribution < -0.4 is 4.74 Å². The summed E-state index contributed by atoms with van der Waals surface area (Å²) in [4.78, 5) is 4.21. The van der Waals surface area contributed by atoms with Gasteiger partial charge in [0, 0.05) is 17.4 Å². The first-order valence-corrected chi connectivity index (χ1v) is 6.67. The third kappa shape index (κ3) is 3.78. The van der Waals surface area contributed by atoms with Gasteiger partial charge in [-0.05, 0) is 24.5 Å². The van der Waals surface area contributed by atoms with E-state index >= 15 is 0 Å². The number of pyridine rings is 1. The van der Waals surface area contributed by atoms with Crippen molar-refractivity contribution in [2.75, 3.05) is 11.9 Å². The average molecular weight is 286 g/mol. The van der Waals surface area contributed by atoms with Gasteiger partial charge in [0.1, 0.15) is 5.75 Å². The van der Waals surface area contributed by atoms with Crippen molar-refractivity contribution in [1.29, 1.82) is 0 Å². The van der Waals surface area contributed by atoms with E-state index in [0.29, 0.717) is 5.92 Å². The zero-order valence-corrected chi connectivity index (χ0v) is 12.0. The van der Waals surface area contributed by atoms with Gasteiger partial charge < -0.3 is 4.74 Å². The zero-order chi connectivity index (χ0) is 12.2. The lowest BCUT2D eigenvalue weighted by Gasteiger charge is -2.29. The Morgan fingerprint density at radius 2 is 2.12 bits per heavy atom. The highest BCUT2D eigenvalue weighted by atomic mass is 79.9. The van der Waals surface area contributed by atoms with Gasteiger partial charge in [-0.3, -0.25) is 4.98 Å². The highest BCUT2D eigenvalue weighted by Crippen LogP contribution is 2.28. The summed E-state index contributed by atoms with van der Waals surface area (Å²) in [7, 11) is 0. The second kappa shape index (κ2) is 5.67. The highest BCUT2D eigenvalue weighted by molar-refractivity contribution is 9.09. The van der Waals surface area contributed by atoms with Gasteiger partial charge in [0.05, 0.1) is 12.3 Å². The summed E-state index contributed by atoms with van der Waals surface area (Å²) in [6, 6.07) is 3.87. The molecule has 1 unspecified atom stereocenters. The maximum atomic E-state index is 5.82. The maximum Gasteiger partial charge on any atom is 0.140 e. The molecule has 2 nitrogen and oxygen atoms in total. The second-order valence-corrected chi connectivity index (χ2v) is 5.76. The summed E-state index contributed by atoms with van der Waals surface area (Å²) in [5.74, 6) is 1.38. The fraction of sp³-hybridized carbons (Fsp3) is 0.615. The van der Waals surface area contributed by atoms with Crippen molar-refractivity contribution in [3.05, 3.63) is 24.0 Å². The molecule has 0 spiro atoms. The van der Waals surface area contributed by atoms with Crippen LogP contribution in [-0.4, -0.2) is 16.9 Å². The summed E-state index contributed by atoms with van der Waals surface area (Å²) in [5.41, 5.74) is 1.20. The number of nitrogens with zero attached hydrogens (tertiary/aromatic N) is 1. The van der Waals surface area contributed by atoms with Crippen molar-refractivity contribution in [2.45, 2.75) is 27.7 Å². The van der Waals surface area contributed by atoms with E-state index in [9.17, 15) is 0 Å². The quantitative estimate of drug-likeness (QED) is 0.785. The van der Waals surface area contributed by atoms with E-state index in [0.717, 1.165) is 23.4 Å². The monoisotopic (exact) mass is 285 g/mol. The summed E-state index contributed by atoms with van der Waals surface area (Å²) >= 11 is 3.55. The van der Waals surface area contributed by atoms with Crippen LogP contribution in [0.1, 0.15) is 26.5 Å². The Morgan fingerprint density at radius 3 is 2.62 bits per heavy atom. The first kappa shape index (κ1) is 13.5. The Kier molecular flexibility index (Phi) is 4.78. The maximum absolute atomic E-state index is 5.82. The first-order valence-electron chi connectivity index (χ1n) is 5.55. The fourth-order valence-electron chi connectivity index (χ4n) is 1.34. The number of hydrogen-bond donors (Lipinski definition) is 0. The highest BCUT2D eigenvalue weighted by Gasteiger charge is 2.24. The van der Waals surface area contributed by atoms with Crippen LogP contribution >= 0.6 is 15.9 Å². The van der Waals surface area contributed by atoms with Crippen molar-refractivity contribution >= 4 is 15.9 Å². The molecule has 1 aromatic heterocycles. The summed E-state index contributed by atoms with van der Waals surface area (Å²) in [6.07, 6.45) is 1.79. The van der Waals surface area contributed by atoms with Crippen LogP contribution in [0.3, 0.4) is 0 Å². The number of alkyl halides is 1. The van der Waals surface area contributed by atoms with Crippen LogP contribution in [0.5, 0.6) is 5.75 Å². The first-order chi connectivity index (χ1) is 7.45. The zero-order valence-electron chi connectivity index (χ0n) is 10.5. The van der Waals surface area contributed by atoms with Crippen LogP contribution in [0.2, 0.25) is 0 Å². The molecule has 0 saturated carbocycles. The lowest BCUT2D eigenvalue weighted by atomic mass is 9.83. The van der Waals surface area contributed by atoms with Gasteiger partial charge in [-0.2, -0.15) is 0 Å². The molecule has 0 aliphatic rings. The molecule has 3 heteroatoms. The minimum Gasteiger partial charge on any atom is -0.491 e. The van der Waals surface area contributed by atoms with Gasteiger partial charge in [0.25, 0.3) is 0 Å². The summed E-state index contributed by atoms with van der Waals surface area (Å²) < 4.78 is 5.82. The lowest BCUT2D eigenvalue weighted by molar-refractivity contribution is 0.165. The van der Waals surface area contributed by atoms with E-state index in [4.69, 9.17) is 4.74 Å². The molecule has 1 heterocycles. The molecule has 0 radical (unpaired) electrons. The normalized spacial score (nSPS) is 13.6. The summed E-state index contributed by atoms with van der Waals surface area (Å²) in [5, 5.41) is 0.954. The molecule has 0 fully saturated rings. The number of halogens is 1. The van der Waals surface area contributed by atoms with Gasteiger partial charge in [-0.15, -0.1) is 0 Å². The summed E-state index contributed by atoms with van der Waals surface area (Å²) in [6.45, 7) is 9.39. The fourth-order valence-corrected chi connectivity index (χ4v) is 2.50. The Morgan fingerprint density at radius 1 is 1.44 bits per heavy atom. The van der Waals surface area contributed by atoms with Gasteiger partial charge in [-0.1, -0.05) is 36.7 Å². The van der Waals surface area contributed by atoms with Gasteiger partial charge in [0.2, 0.25) is 0 Å². The van der Waals surface area contributed by atoms with E-state index in [2.05, 4.69) is 41.7 Å². The topological polar surface area (TPSA) is 22.1 Å². The Balaban J connectivity index is 2.60. The van der Waals surface area contributed by atoms with E-state index in [1.165, 1.54) is 0 Å². The number of hydrogen-bond acceptors (Lipinski definition) is 2. The predicted octanol–water partition coefficient (Wildman–Crippen LogP) is 3.83. The van der Waals surface area contributed by atoms with Crippen LogP contribution in [0.25, 0.3) is 0 Å². The SMILES string of the molecule is Cc1ncccc1OCC(CBr)C(C)(C)C. The smallest absolute Gasteiger partial charge is 0.140 e. The van der Waals surface area contributed by atoms with Crippen molar-refractivity contribution < 1.29 is 4.74 Å². The molecular weight excluding hydrogens is 266 g/mol. The van der Waals surface area contributed by atoms with E-state index in [1.807, 2.05) is 19.1 Å². The van der Waals surface area contributed by atoms with Crippen LogP contribution in [0, 0.1) is 18.3 Å². The molecule has 90 valence electrons. The molecule has 1 rings (SSSR count). The lowest BCUT2D eigenvalue weighted by Crippen LogP contribution is -2.28. The van der Waals surface area contributed by atoms with Crippen molar-refractivity contribution in [2.24, 2.45) is 11.3 Å². The number of aromatic nitrogens is 1. The van der Waals surface area contributed by atoms with Crippen molar-refractivity contribution in [3.8, 4) is 5.75 Å². The molecule has 0 N–H and O–H groups in total. The molecule has 1 aromatic rings. The largest absolute Gasteiger partial charge is 0.491 e. The molecule has 0 bridgehead atoms. The van der Waals surface area contributed by atoms with E-state index in [1.54, 1.807) is 6.20 Å². The third-order valence-electron chi connectivity index (χ3n) is 2.81. The second-order valence-electron chi connectivity index (χ2n) is 5.12. The van der Waals surface area contributed by atoms with E-state index < -0.39 is 0 Å². The number of rotatable bonds is 4. The van der Waals surface area contributed by atoms with E-state index in [-0.39, 0.29) is 5.41 Å². The molecular formula is C13H20BrNO. The van der Waals surface area contributed by atoms with Crippen LogP contribution in [-0.2, 0) is 0 Å². The van der Waals surface area contributed by atoms with Gasteiger partial charge in [0.15, 0.2) is 0 Å². The molecule has 16 heavy (non-hydrogen) atoms. The molecule has 0 aliphatic heterocycles. The minimum absolute atomic E-state index is 0.250. The van der Waals surface area contributed by atoms with Crippen LogP contribution in [0.4, 0.5) is 0 Å².